The van der Waals surface area contributed by atoms with E-state index in [0.29, 0.717) is 12.6 Å². The van der Waals surface area contributed by atoms with Crippen LogP contribution >= 0.6 is 0 Å². The quantitative estimate of drug-likeness (QED) is 0.336. The molecule has 1 aliphatic rings. The predicted molar refractivity (Wildman–Crippen MR) is 37.6 cm³/mol. The summed E-state index contributed by atoms with van der Waals surface area (Å²) in [6.07, 6.45) is 3.51. The van der Waals surface area contributed by atoms with E-state index in [9.17, 15) is 0 Å². The number of azide groups is 1. The van der Waals surface area contributed by atoms with Crippen molar-refractivity contribution in [3.63, 3.8) is 0 Å². The summed E-state index contributed by atoms with van der Waals surface area (Å²) in [5.74, 6) is 0. The molecule has 0 aromatic heterocycles. The molecule has 1 rings (SSSR count). The maximum absolute atomic E-state index is 7.96. The Bertz CT molecular complexity index is 136. The van der Waals surface area contributed by atoms with Crippen molar-refractivity contribution in [2.24, 2.45) is 5.11 Å². The van der Waals surface area contributed by atoms with E-state index in [1.807, 2.05) is 0 Å². The van der Waals surface area contributed by atoms with Crippen molar-refractivity contribution in [1.82, 2.24) is 0 Å². The lowest BCUT2D eigenvalue weighted by Gasteiger charge is -2.04. The van der Waals surface area contributed by atoms with Gasteiger partial charge in [-0.1, -0.05) is 5.11 Å². The molecule has 0 bridgehead atoms. The highest BCUT2D eigenvalue weighted by Crippen LogP contribution is 2.14. The van der Waals surface area contributed by atoms with Gasteiger partial charge in [0.25, 0.3) is 0 Å². The molecule has 4 nitrogen and oxygen atoms in total. The van der Waals surface area contributed by atoms with Gasteiger partial charge < -0.3 is 4.74 Å². The lowest BCUT2D eigenvalue weighted by molar-refractivity contribution is 0.106. The number of rotatable bonds is 3. The summed E-state index contributed by atoms with van der Waals surface area (Å²) in [6.45, 7) is 1.45. The van der Waals surface area contributed by atoms with E-state index < -0.39 is 0 Å². The minimum Gasteiger partial charge on any atom is -0.378 e. The molecule has 1 aliphatic heterocycles. The lowest BCUT2D eigenvalue weighted by atomic mass is 10.2. The fourth-order valence-electron chi connectivity index (χ4n) is 1.12. The van der Waals surface area contributed by atoms with E-state index in [1.165, 1.54) is 0 Å². The predicted octanol–water partition coefficient (Wildman–Crippen LogP) is 1.87. The van der Waals surface area contributed by atoms with Gasteiger partial charge in [-0.3, -0.25) is 0 Å². The largest absolute Gasteiger partial charge is 0.378 e. The molecule has 0 radical (unpaired) electrons. The summed E-state index contributed by atoms with van der Waals surface area (Å²) in [7, 11) is 0. The highest BCUT2D eigenvalue weighted by molar-refractivity contribution is 4.65. The Kier molecular flexibility index (Phi) is 3.06. The second kappa shape index (κ2) is 4.14. The number of hydrogen-bond donors (Lipinski definition) is 0. The monoisotopic (exact) mass is 141 g/mol. The zero-order valence-electron chi connectivity index (χ0n) is 5.86. The van der Waals surface area contributed by atoms with Crippen molar-refractivity contribution < 1.29 is 4.74 Å². The molecule has 1 heterocycles. The second-order valence-corrected chi connectivity index (χ2v) is 2.38. The molecule has 0 spiro atoms. The van der Waals surface area contributed by atoms with E-state index in [2.05, 4.69) is 10.0 Å². The SMILES string of the molecule is [N-]=[N+]=NCCC1CCCO1. The molecule has 1 fully saturated rings. The molecular weight excluding hydrogens is 130 g/mol. The van der Waals surface area contributed by atoms with Crippen LogP contribution in [-0.2, 0) is 4.74 Å². The molecule has 0 aromatic rings. The molecule has 0 saturated carbocycles. The zero-order valence-corrected chi connectivity index (χ0v) is 5.86. The molecular formula is C6H11N3O. The highest BCUT2D eigenvalue weighted by atomic mass is 16.5. The van der Waals surface area contributed by atoms with Crippen LogP contribution in [0.2, 0.25) is 0 Å². The Morgan fingerprint density at radius 1 is 1.70 bits per heavy atom. The van der Waals surface area contributed by atoms with Crippen LogP contribution in [0.5, 0.6) is 0 Å². The smallest absolute Gasteiger partial charge is 0.0577 e. The minimum atomic E-state index is 0.352. The summed E-state index contributed by atoms with van der Waals surface area (Å²) < 4.78 is 5.32. The van der Waals surface area contributed by atoms with Crippen molar-refractivity contribution in [3.05, 3.63) is 10.4 Å². The van der Waals surface area contributed by atoms with Gasteiger partial charge in [0, 0.05) is 18.1 Å². The van der Waals surface area contributed by atoms with Crippen molar-refractivity contribution in [2.75, 3.05) is 13.2 Å². The summed E-state index contributed by atoms with van der Waals surface area (Å²) >= 11 is 0. The number of ether oxygens (including phenoxy) is 1. The highest BCUT2D eigenvalue weighted by Gasteiger charge is 2.13. The normalized spacial score (nSPS) is 24.2. The third-order valence-corrected chi connectivity index (χ3v) is 1.64. The van der Waals surface area contributed by atoms with Crippen molar-refractivity contribution in [1.29, 1.82) is 0 Å². The van der Waals surface area contributed by atoms with Crippen molar-refractivity contribution in [2.45, 2.75) is 25.4 Å². The van der Waals surface area contributed by atoms with Gasteiger partial charge in [-0.15, -0.1) is 0 Å². The van der Waals surface area contributed by atoms with Crippen LogP contribution in [0, 0.1) is 0 Å². The molecule has 56 valence electrons. The fourth-order valence-corrected chi connectivity index (χ4v) is 1.12. The Balaban J connectivity index is 2.06. The maximum atomic E-state index is 7.96. The molecule has 0 aromatic carbocycles. The summed E-state index contributed by atoms with van der Waals surface area (Å²) in [6, 6.07) is 0. The van der Waals surface area contributed by atoms with Gasteiger partial charge in [0.2, 0.25) is 0 Å². The molecule has 1 atom stereocenters. The van der Waals surface area contributed by atoms with Gasteiger partial charge in [-0.05, 0) is 24.8 Å². The van der Waals surface area contributed by atoms with Gasteiger partial charge in [0.05, 0.1) is 6.10 Å². The van der Waals surface area contributed by atoms with Crippen LogP contribution in [-0.4, -0.2) is 19.3 Å². The lowest BCUT2D eigenvalue weighted by Crippen LogP contribution is -2.05. The first-order valence-electron chi connectivity index (χ1n) is 3.56. The standard InChI is InChI=1S/C6H11N3O/c7-9-8-4-3-6-2-1-5-10-6/h6H,1-5H2. The van der Waals surface area contributed by atoms with Crippen molar-refractivity contribution >= 4 is 0 Å². The second-order valence-electron chi connectivity index (χ2n) is 2.38. The van der Waals surface area contributed by atoms with Gasteiger partial charge in [0.1, 0.15) is 0 Å². The molecule has 0 aliphatic carbocycles. The first-order valence-corrected chi connectivity index (χ1v) is 3.56. The molecule has 10 heavy (non-hydrogen) atoms. The molecule has 0 amide bonds. The Labute approximate surface area is 59.8 Å². The summed E-state index contributed by atoms with van der Waals surface area (Å²) in [4.78, 5) is 2.67. The first kappa shape index (κ1) is 7.38. The van der Waals surface area contributed by atoms with E-state index in [1.54, 1.807) is 0 Å². The zero-order chi connectivity index (χ0) is 7.23. The average Bonchev–Trinajstić information content (AvgIpc) is 2.41. The van der Waals surface area contributed by atoms with E-state index >= 15 is 0 Å². The molecule has 1 saturated heterocycles. The Morgan fingerprint density at radius 2 is 2.60 bits per heavy atom. The fraction of sp³-hybridized carbons (Fsp3) is 1.00. The van der Waals surface area contributed by atoms with Crippen LogP contribution in [0.25, 0.3) is 10.4 Å². The Morgan fingerprint density at radius 3 is 3.20 bits per heavy atom. The summed E-state index contributed by atoms with van der Waals surface area (Å²) in [5, 5.41) is 3.44. The van der Waals surface area contributed by atoms with E-state index in [4.69, 9.17) is 10.3 Å². The van der Waals surface area contributed by atoms with Gasteiger partial charge in [-0.2, -0.15) is 0 Å². The minimum absolute atomic E-state index is 0.352. The van der Waals surface area contributed by atoms with Gasteiger partial charge in [0.15, 0.2) is 0 Å². The van der Waals surface area contributed by atoms with E-state index in [0.717, 1.165) is 25.9 Å². The van der Waals surface area contributed by atoms with Crippen LogP contribution in [0.15, 0.2) is 5.11 Å². The first-order chi connectivity index (χ1) is 4.93. The number of nitrogens with zero attached hydrogens (tertiary/aromatic N) is 3. The van der Waals surface area contributed by atoms with Gasteiger partial charge >= 0.3 is 0 Å². The molecule has 4 heteroatoms. The third kappa shape index (κ3) is 2.25. The van der Waals surface area contributed by atoms with Crippen molar-refractivity contribution in [3.8, 4) is 0 Å². The average molecular weight is 141 g/mol. The van der Waals surface area contributed by atoms with Crippen LogP contribution < -0.4 is 0 Å². The van der Waals surface area contributed by atoms with Gasteiger partial charge in [-0.25, -0.2) is 0 Å². The topological polar surface area (TPSA) is 58.0 Å². The van der Waals surface area contributed by atoms with Crippen LogP contribution in [0.4, 0.5) is 0 Å². The number of hydrogen-bond acceptors (Lipinski definition) is 2. The van der Waals surface area contributed by atoms with Crippen LogP contribution in [0.3, 0.4) is 0 Å². The Hall–Kier alpha value is -0.730. The van der Waals surface area contributed by atoms with Crippen LogP contribution in [0.1, 0.15) is 19.3 Å². The van der Waals surface area contributed by atoms with E-state index in [-0.39, 0.29) is 0 Å². The summed E-state index contributed by atoms with van der Waals surface area (Å²) in [5.41, 5.74) is 7.96. The third-order valence-electron chi connectivity index (χ3n) is 1.64. The molecule has 0 N–H and O–H groups in total. The maximum Gasteiger partial charge on any atom is 0.0577 e. The molecule has 1 unspecified atom stereocenters.